The van der Waals surface area contributed by atoms with Crippen molar-refractivity contribution in [2.75, 3.05) is 13.2 Å². The van der Waals surface area contributed by atoms with Crippen molar-refractivity contribution in [1.29, 1.82) is 0 Å². The van der Waals surface area contributed by atoms with E-state index in [0.29, 0.717) is 10.8 Å². The SMILES string of the molecule is Cc1cc(Cl)ccc1OCC(=O)OCC(=O)N1N=C2C(=Cc3ccccc3)CCCC2C1c1ccccc1. The third-order valence-corrected chi connectivity index (χ3v) is 7.11. The Hall–Kier alpha value is -3.90. The van der Waals surface area contributed by atoms with Gasteiger partial charge in [-0.3, -0.25) is 4.79 Å². The van der Waals surface area contributed by atoms with Crippen LogP contribution in [0.2, 0.25) is 5.02 Å². The molecule has 38 heavy (non-hydrogen) atoms. The molecule has 1 heterocycles. The summed E-state index contributed by atoms with van der Waals surface area (Å²) in [5, 5.41) is 6.93. The molecule has 0 radical (unpaired) electrons. The molecule has 6 nitrogen and oxygen atoms in total. The monoisotopic (exact) mass is 528 g/mol. The number of allylic oxidation sites excluding steroid dienone is 1. The highest BCUT2D eigenvalue weighted by Crippen LogP contribution is 2.44. The van der Waals surface area contributed by atoms with Gasteiger partial charge in [0.25, 0.3) is 5.91 Å². The Morgan fingerprint density at radius 3 is 2.50 bits per heavy atom. The normalized spacial score (nSPS) is 19.6. The summed E-state index contributed by atoms with van der Waals surface area (Å²) in [5.41, 5.74) is 5.01. The van der Waals surface area contributed by atoms with Gasteiger partial charge in [-0.1, -0.05) is 72.3 Å². The summed E-state index contributed by atoms with van der Waals surface area (Å²) in [4.78, 5) is 25.8. The van der Waals surface area contributed by atoms with E-state index < -0.39 is 12.6 Å². The molecule has 0 bridgehead atoms. The number of nitrogens with zero attached hydrogens (tertiary/aromatic N) is 2. The fourth-order valence-electron chi connectivity index (χ4n) is 5.10. The molecule has 1 aliphatic heterocycles. The molecule has 7 heteroatoms. The molecule has 2 aliphatic rings. The highest BCUT2D eigenvalue weighted by atomic mass is 35.5. The van der Waals surface area contributed by atoms with Crippen LogP contribution in [0.5, 0.6) is 5.75 Å². The topological polar surface area (TPSA) is 68.2 Å². The van der Waals surface area contributed by atoms with E-state index in [1.165, 1.54) is 5.01 Å². The van der Waals surface area contributed by atoms with Crippen molar-refractivity contribution >= 4 is 35.3 Å². The van der Waals surface area contributed by atoms with Gasteiger partial charge in [-0.15, -0.1) is 0 Å². The first-order chi connectivity index (χ1) is 18.5. The largest absolute Gasteiger partial charge is 0.482 e. The Kier molecular flexibility index (Phi) is 7.89. The summed E-state index contributed by atoms with van der Waals surface area (Å²) in [6.45, 7) is 1.12. The Balaban J connectivity index is 1.31. The predicted molar refractivity (Wildman–Crippen MR) is 148 cm³/mol. The van der Waals surface area contributed by atoms with Crippen molar-refractivity contribution < 1.29 is 19.1 Å². The van der Waals surface area contributed by atoms with E-state index >= 15 is 0 Å². The smallest absolute Gasteiger partial charge is 0.344 e. The van der Waals surface area contributed by atoms with Crippen molar-refractivity contribution in [3.63, 3.8) is 0 Å². The van der Waals surface area contributed by atoms with E-state index in [1.807, 2.05) is 55.5 Å². The molecule has 0 saturated heterocycles. The zero-order chi connectivity index (χ0) is 26.5. The molecular weight excluding hydrogens is 500 g/mol. The van der Waals surface area contributed by atoms with Crippen molar-refractivity contribution in [2.24, 2.45) is 11.0 Å². The van der Waals surface area contributed by atoms with Crippen LogP contribution in [0.4, 0.5) is 0 Å². The summed E-state index contributed by atoms with van der Waals surface area (Å²) in [7, 11) is 0. The van der Waals surface area contributed by atoms with Gasteiger partial charge >= 0.3 is 5.97 Å². The lowest BCUT2D eigenvalue weighted by molar-refractivity contribution is -0.154. The van der Waals surface area contributed by atoms with Crippen molar-refractivity contribution in [2.45, 2.75) is 32.2 Å². The molecule has 1 fully saturated rings. The highest BCUT2D eigenvalue weighted by molar-refractivity contribution is 6.30. The van der Waals surface area contributed by atoms with Crippen LogP contribution in [0.1, 0.15) is 42.0 Å². The summed E-state index contributed by atoms with van der Waals surface area (Å²) in [6, 6.07) is 25.0. The van der Waals surface area contributed by atoms with Gasteiger partial charge in [0.2, 0.25) is 0 Å². The molecular formula is C31H29ClN2O4. The lowest BCUT2D eigenvalue weighted by Crippen LogP contribution is -2.35. The average molecular weight is 529 g/mol. The lowest BCUT2D eigenvalue weighted by Gasteiger charge is -2.29. The number of halogens is 1. The maximum absolute atomic E-state index is 13.4. The van der Waals surface area contributed by atoms with Crippen LogP contribution >= 0.6 is 11.6 Å². The van der Waals surface area contributed by atoms with Crippen LogP contribution in [0.3, 0.4) is 0 Å². The Morgan fingerprint density at radius 2 is 1.76 bits per heavy atom. The predicted octanol–water partition coefficient (Wildman–Crippen LogP) is 6.39. The Morgan fingerprint density at radius 1 is 1.03 bits per heavy atom. The number of carbonyl (C=O) groups excluding carboxylic acids is 2. The van der Waals surface area contributed by atoms with Gasteiger partial charge in [-0.05, 0) is 72.7 Å². The van der Waals surface area contributed by atoms with Crippen molar-refractivity contribution in [3.8, 4) is 5.75 Å². The molecule has 3 aromatic rings. The molecule has 0 aromatic heterocycles. The number of amides is 1. The molecule has 2 atom stereocenters. The number of hydrogen-bond acceptors (Lipinski definition) is 5. The maximum Gasteiger partial charge on any atom is 0.344 e. The van der Waals surface area contributed by atoms with Gasteiger partial charge < -0.3 is 9.47 Å². The number of carbonyl (C=O) groups is 2. The first-order valence-electron chi connectivity index (χ1n) is 12.8. The van der Waals surface area contributed by atoms with Gasteiger partial charge in [-0.2, -0.15) is 5.10 Å². The van der Waals surface area contributed by atoms with Crippen LogP contribution in [0, 0.1) is 12.8 Å². The molecule has 2 unspecified atom stereocenters. The van der Waals surface area contributed by atoms with Gasteiger partial charge in [0.1, 0.15) is 5.75 Å². The number of benzene rings is 3. The highest BCUT2D eigenvalue weighted by Gasteiger charge is 2.43. The van der Waals surface area contributed by atoms with E-state index in [4.69, 9.17) is 26.2 Å². The van der Waals surface area contributed by atoms with Gasteiger partial charge in [0.15, 0.2) is 13.2 Å². The molecule has 5 rings (SSSR count). The minimum Gasteiger partial charge on any atom is -0.482 e. The van der Waals surface area contributed by atoms with Gasteiger partial charge in [0, 0.05) is 10.9 Å². The Bertz CT molecular complexity index is 1370. The summed E-state index contributed by atoms with van der Waals surface area (Å²) in [5.74, 6) is -0.375. The quantitative estimate of drug-likeness (QED) is 0.333. The van der Waals surface area contributed by atoms with Crippen LogP contribution < -0.4 is 4.74 Å². The van der Waals surface area contributed by atoms with Crippen molar-refractivity contribution in [1.82, 2.24) is 5.01 Å². The lowest BCUT2D eigenvalue weighted by atomic mass is 9.77. The van der Waals surface area contributed by atoms with E-state index in [0.717, 1.165) is 47.2 Å². The van der Waals surface area contributed by atoms with Crippen LogP contribution in [0.15, 0.2) is 89.5 Å². The second-order valence-corrected chi connectivity index (χ2v) is 9.95. The van der Waals surface area contributed by atoms with E-state index in [9.17, 15) is 9.59 Å². The van der Waals surface area contributed by atoms with Crippen LogP contribution in [0.25, 0.3) is 6.08 Å². The number of fused-ring (bicyclic) bond motifs is 1. The molecule has 194 valence electrons. The van der Waals surface area contributed by atoms with E-state index in [1.54, 1.807) is 18.2 Å². The van der Waals surface area contributed by atoms with Gasteiger partial charge in [0.05, 0.1) is 11.8 Å². The maximum atomic E-state index is 13.4. The van der Waals surface area contributed by atoms with E-state index in [-0.39, 0.29) is 24.5 Å². The zero-order valence-corrected chi connectivity index (χ0v) is 21.9. The fraction of sp³-hybridized carbons (Fsp3) is 0.258. The molecule has 0 N–H and O–H groups in total. The minimum atomic E-state index is -0.627. The van der Waals surface area contributed by atoms with E-state index in [2.05, 4.69) is 18.2 Å². The third kappa shape index (κ3) is 5.81. The number of hydrogen-bond donors (Lipinski definition) is 0. The van der Waals surface area contributed by atoms with Crippen LogP contribution in [-0.4, -0.2) is 35.8 Å². The average Bonchev–Trinajstić information content (AvgIpc) is 3.33. The number of rotatable bonds is 7. The number of aryl methyl sites for hydroxylation is 1. The molecule has 1 aliphatic carbocycles. The molecule has 1 saturated carbocycles. The van der Waals surface area contributed by atoms with Crippen molar-refractivity contribution in [3.05, 3.63) is 106 Å². The second-order valence-electron chi connectivity index (χ2n) is 9.52. The first kappa shape index (κ1) is 25.7. The standard InChI is InChI=1S/C31H29ClN2O4/c1-21-17-25(32)15-16-27(21)37-20-29(36)38-19-28(35)34-31(23-11-6-3-7-12-23)26-14-8-13-24(30(26)33-34)18-22-9-4-2-5-10-22/h2-7,9-12,15-18,26,31H,8,13-14,19-20H2,1H3. The molecule has 0 spiro atoms. The summed E-state index contributed by atoms with van der Waals surface area (Å²) < 4.78 is 10.9. The first-order valence-corrected chi connectivity index (χ1v) is 13.1. The van der Waals surface area contributed by atoms with Gasteiger partial charge in [-0.25, -0.2) is 9.80 Å². The summed E-state index contributed by atoms with van der Waals surface area (Å²) in [6.07, 6.45) is 5.02. The fourth-order valence-corrected chi connectivity index (χ4v) is 5.33. The number of hydrazone groups is 1. The zero-order valence-electron chi connectivity index (χ0n) is 21.2. The number of esters is 1. The van der Waals surface area contributed by atoms with Crippen LogP contribution in [-0.2, 0) is 14.3 Å². The number of ether oxygens (including phenoxy) is 2. The molecule has 3 aromatic carbocycles. The Labute approximate surface area is 227 Å². The summed E-state index contributed by atoms with van der Waals surface area (Å²) >= 11 is 5.97. The third-order valence-electron chi connectivity index (χ3n) is 6.88. The molecule has 1 amide bonds. The second kappa shape index (κ2) is 11.7. The minimum absolute atomic E-state index is 0.0805.